The average Bonchev–Trinajstić information content (AvgIpc) is 2.76. The number of hydrogen-bond acceptors (Lipinski definition) is 4. The maximum atomic E-state index is 11.4. The van der Waals surface area contributed by atoms with Gasteiger partial charge >= 0.3 is 0 Å². The van der Waals surface area contributed by atoms with Crippen LogP contribution in [-0.4, -0.2) is 18.9 Å². The topological polar surface area (TPSA) is 59.9 Å². The van der Waals surface area contributed by atoms with Crippen molar-refractivity contribution in [2.45, 2.75) is 20.3 Å². The van der Waals surface area contributed by atoms with Crippen molar-refractivity contribution in [3.8, 4) is 11.5 Å². The first-order chi connectivity index (χ1) is 9.06. The quantitative estimate of drug-likeness (QED) is 0.682. The fraction of sp³-hybridized carbons (Fsp3) is 0.385. The van der Waals surface area contributed by atoms with Crippen LogP contribution in [0.15, 0.2) is 17.2 Å². The predicted molar refractivity (Wildman–Crippen MR) is 72.8 cm³/mol. The molecule has 0 spiro atoms. The summed E-state index contributed by atoms with van der Waals surface area (Å²) in [5.41, 5.74) is 3.20. The molecule has 102 valence electrons. The van der Waals surface area contributed by atoms with E-state index in [4.69, 9.17) is 21.1 Å². The Morgan fingerprint density at radius 1 is 1.53 bits per heavy atom. The maximum Gasteiger partial charge on any atom is 0.240 e. The normalized spacial score (nSPS) is 13.3. The number of hydrazone groups is 1. The Morgan fingerprint density at radius 2 is 2.32 bits per heavy atom. The third kappa shape index (κ3) is 3.61. The van der Waals surface area contributed by atoms with Crippen LogP contribution in [0.1, 0.15) is 25.8 Å². The van der Waals surface area contributed by atoms with Crippen LogP contribution in [0.2, 0.25) is 5.02 Å². The highest BCUT2D eigenvalue weighted by molar-refractivity contribution is 6.32. The summed E-state index contributed by atoms with van der Waals surface area (Å²) in [5, 5.41) is 4.34. The Balaban J connectivity index is 2.00. The van der Waals surface area contributed by atoms with E-state index in [0.29, 0.717) is 28.9 Å². The molecule has 1 aromatic carbocycles. The zero-order valence-corrected chi connectivity index (χ0v) is 11.5. The molecular formula is C13H15ClN2O3. The van der Waals surface area contributed by atoms with Crippen LogP contribution >= 0.6 is 11.6 Å². The third-order valence-corrected chi connectivity index (χ3v) is 2.73. The van der Waals surface area contributed by atoms with E-state index in [1.807, 2.05) is 13.8 Å². The minimum Gasteiger partial charge on any atom is -0.454 e. The lowest BCUT2D eigenvalue weighted by molar-refractivity contribution is -0.121. The first-order valence-electron chi connectivity index (χ1n) is 5.97. The standard InChI is InChI=1S/C13H15ClN2O3/c1-8(2)3-12(17)16-15-6-9-4-10(14)13-11(5-9)18-7-19-13/h4-6,8H,3,7H2,1-2H3,(H,16,17)/b15-6-. The van der Waals surface area contributed by atoms with Crippen molar-refractivity contribution in [1.29, 1.82) is 0 Å². The maximum absolute atomic E-state index is 11.4. The zero-order chi connectivity index (χ0) is 13.8. The number of nitrogens with one attached hydrogen (secondary N) is 1. The lowest BCUT2D eigenvalue weighted by Crippen LogP contribution is -2.19. The van der Waals surface area contributed by atoms with Crippen molar-refractivity contribution in [3.05, 3.63) is 22.7 Å². The van der Waals surface area contributed by atoms with Crippen molar-refractivity contribution in [2.24, 2.45) is 11.0 Å². The molecule has 0 saturated heterocycles. The Bertz CT molecular complexity index is 515. The van der Waals surface area contributed by atoms with Gasteiger partial charge < -0.3 is 9.47 Å². The summed E-state index contributed by atoms with van der Waals surface area (Å²) in [7, 11) is 0. The Hall–Kier alpha value is -1.75. The van der Waals surface area contributed by atoms with Crippen molar-refractivity contribution in [2.75, 3.05) is 6.79 Å². The van der Waals surface area contributed by atoms with Gasteiger partial charge in [-0.25, -0.2) is 5.43 Å². The molecule has 1 aromatic rings. The molecule has 1 amide bonds. The number of benzene rings is 1. The van der Waals surface area contributed by atoms with Gasteiger partial charge in [-0.3, -0.25) is 4.79 Å². The van der Waals surface area contributed by atoms with Crippen molar-refractivity contribution < 1.29 is 14.3 Å². The molecule has 0 atom stereocenters. The van der Waals surface area contributed by atoms with Gasteiger partial charge in [-0.2, -0.15) is 5.10 Å². The van der Waals surface area contributed by atoms with Crippen LogP contribution in [0.5, 0.6) is 11.5 Å². The average molecular weight is 283 g/mol. The Morgan fingerprint density at radius 3 is 3.05 bits per heavy atom. The lowest BCUT2D eigenvalue weighted by atomic mass is 10.1. The van der Waals surface area contributed by atoms with Crippen molar-refractivity contribution in [1.82, 2.24) is 5.43 Å². The Kier molecular flexibility index (Phi) is 4.27. The summed E-state index contributed by atoms with van der Waals surface area (Å²) >= 11 is 6.03. The molecule has 0 unspecified atom stereocenters. The van der Waals surface area contributed by atoms with Gasteiger partial charge in [0.15, 0.2) is 11.5 Å². The molecule has 19 heavy (non-hydrogen) atoms. The summed E-state index contributed by atoms with van der Waals surface area (Å²) in [6.45, 7) is 4.11. The number of nitrogens with zero attached hydrogens (tertiary/aromatic N) is 1. The van der Waals surface area contributed by atoms with Crippen LogP contribution in [0.3, 0.4) is 0 Å². The van der Waals surface area contributed by atoms with Gasteiger partial charge in [0, 0.05) is 6.42 Å². The fourth-order valence-electron chi connectivity index (χ4n) is 1.66. The minimum absolute atomic E-state index is 0.113. The largest absolute Gasteiger partial charge is 0.454 e. The fourth-order valence-corrected chi connectivity index (χ4v) is 1.93. The van der Waals surface area contributed by atoms with Gasteiger partial charge in [0.2, 0.25) is 12.7 Å². The predicted octanol–water partition coefficient (Wildman–Crippen LogP) is 2.56. The number of amides is 1. The third-order valence-electron chi connectivity index (χ3n) is 2.45. The molecule has 0 aromatic heterocycles. The Labute approximate surface area is 116 Å². The van der Waals surface area contributed by atoms with Gasteiger partial charge in [0.1, 0.15) is 0 Å². The molecule has 0 radical (unpaired) electrons. The first-order valence-corrected chi connectivity index (χ1v) is 6.35. The number of halogens is 1. The first kappa shape index (κ1) is 13.7. The number of hydrogen-bond donors (Lipinski definition) is 1. The van der Waals surface area contributed by atoms with E-state index in [0.717, 1.165) is 5.56 Å². The lowest BCUT2D eigenvalue weighted by Gasteiger charge is -2.03. The molecule has 1 heterocycles. The zero-order valence-electron chi connectivity index (χ0n) is 10.8. The molecule has 0 saturated carbocycles. The number of ether oxygens (including phenoxy) is 2. The van der Waals surface area contributed by atoms with E-state index in [1.54, 1.807) is 12.1 Å². The van der Waals surface area contributed by atoms with E-state index in [2.05, 4.69) is 10.5 Å². The highest BCUT2D eigenvalue weighted by Crippen LogP contribution is 2.39. The number of carbonyl (C=O) groups is 1. The molecule has 1 aliphatic rings. The van der Waals surface area contributed by atoms with E-state index in [-0.39, 0.29) is 12.7 Å². The molecule has 0 aliphatic carbocycles. The van der Waals surface area contributed by atoms with E-state index in [1.165, 1.54) is 6.21 Å². The molecule has 2 rings (SSSR count). The van der Waals surface area contributed by atoms with Gasteiger partial charge in [-0.15, -0.1) is 0 Å². The van der Waals surface area contributed by atoms with Crippen molar-refractivity contribution >= 4 is 23.7 Å². The summed E-state index contributed by atoms with van der Waals surface area (Å²) in [4.78, 5) is 11.4. The molecule has 0 fully saturated rings. The monoisotopic (exact) mass is 282 g/mol. The van der Waals surface area contributed by atoms with Crippen molar-refractivity contribution in [3.63, 3.8) is 0 Å². The molecule has 6 heteroatoms. The summed E-state index contributed by atoms with van der Waals surface area (Å²) in [5.74, 6) is 1.32. The highest BCUT2D eigenvalue weighted by Gasteiger charge is 2.17. The molecular weight excluding hydrogens is 268 g/mol. The van der Waals surface area contributed by atoms with E-state index in [9.17, 15) is 4.79 Å². The molecule has 1 N–H and O–H groups in total. The molecule has 5 nitrogen and oxygen atoms in total. The highest BCUT2D eigenvalue weighted by atomic mass is 35.5. The molecule has 0 bridgehead atoms. The second-order valence-electron chi connectivity index (χ2n) is 4.63. The van der Waals surface area contributed by atoms with Gasteiger partial charge in [0.05, 0.1) is 11.2 Å². The van der Waals surface area contributed by atoms with E-state index < -0.39 is 0 Å². The van der Waals surface area contributed by atoms with Crippen LogP contribution in [-0.2, 0) is 4.79 Å². The second kappa shape index (κ2) is 5.93. The summed E-state index contributed by atoms with van der Waals surface area (Å²) in [6, 6.07) is 3.46. The SMILES string of the molecule is CC(C)CC(=O)N/N=C\c1cc(Cl)c2c(c1)OCO2. The number of rotatable bonds is 4. The van der Waals surface area contributed by atoms with Crippen LogP contribution in [0, 0.1) is 5.92 Å². The smallest absolute Gasteiger partial charge is 0.240 e. The van der Waals surface area contributed by atoms with Crippen LogP contribution in [0.4, 0.5) is 0 Å². The van der Waals surface area contributed by atoms with Gasteiger partial charge in [0.25, 0.3) is 0 Å². The van der Waals surface area contributed by atoms with E-state index >= 15 is 0 Å². The number of carbonyl (C=O) groups excluding carboxylic acids is 1. The van der Waals surface area contributed by atoms with Gasteiger partial charge in [-0.1, -0.05) is 25.4 Å². The van der Waals surface area contributed by atoms with Gasteiger partial charge in [-0.05, 0) is 23.6 Å². The molecule has 1 aliphatic heterocycles. The second-order valence-corrected chi connectivity index (χ2v) is 5.03. The van der Waals surface area contributed by atoms with Crippen LogP contribution in [0.25, 0.3) is 0 Å². The number of fused-ring (bicyclic) bond motifs is 1. The van der Waals surface area contributed by atoms with Crippen LogP contribution < -0.4 is 14.9 Å². The minimum atomic E-state index is -0.113. The summed E-state index contributed by atoms with van der Waals surface area (Å²) < 4.78 is 10.4. The summed E-state index contributed by atoms with van der Waals surface area (Å²) in [6.07, 6.45) is 1.96.